The summed E-state index contributed by atoms with van der Waals surface area (Å²) in [7, 11) is 8.59. The number of hydrogen-bond donors (Lipinski definition) is 6. The molecule has 0 radical (unpaired) electrons. The van der Waals surface area contributed by atoms with Gasteiger partial charge < -0.3 is 30.0 Å². The second kappa shape index (κ2) is 30.7. The first-order chi connectivity index (χ1) is 39.8. The number of imidazole rings is 3. The number of nitro benzene ring substituents is 1. The van der Waals surface area contributed by atoms with E-state index in [1.54, 1.807) is 70.5 Å². The molecule has 3 aromatic heterocycles. The van der Waals surface area contributed by atoms with Gasteiger partial charge in [0.25, 0.3) is 29.3 Å². The normalized spacial score (nSPS) is 14.1. The molecule has 5 heterocycles. The van der Waals surface area contributed by atoms with Crippen molar-refractivity contribution in [3.8, 4) is 0 Å². The molecule has 2 aliphatic rings. The Hall–Kier alpha value is -8.27. The number of anilines is 3. The molecule has 27 heteroatoms. The number of aromatic nitrogens is 6. The summed E-state index contributed by atoms with van der Waals surface area (Å²) in [5.41, 5.74) is 1.75. The Morgan fingerprint density at radius 2 is 1.41 bits per heavy atom. The van der Waals surface area contributed by atoms with Crippen LogP contribution in [0.4, 0.5) is 23.1 Å². The Morgan fingerprint density at radius 3 is 2.05 bits per heavy atom. The van der Waals surface area contributed by atoms with Crippen LogP contribution in [0.2, 0.25) is 6.82 Å². The number of hydrogen-bond acceptors (Lipinski definition) is 17. The first-order valence-electron chi connectivity index (χ1n) is 28.2. The number of imide groups is 1. The van der Waals surface area contributed by atoms with Gasteiger partial charge in [-0.25, -0.2) is 9.97 Å². The van der Waals surface area contributed by atoms with E-state index in [1.807, 2.05) is 39.2 Å². The van der Waals surface area contributed by atoms with Gasteiger partial charge in [0.2, 0.25) is 17.6 Å². The zero-order chi connectivity index (χ0) is 60.3. The molecule has 2 aromatic carbocycles. The van der Waals surface area contributed by atoms with E-state index in [9.17, 15) is 38.9 Å². The minimum atomic E-state index is -0.622. The minimum absolute atomic E-state index is 0.0143. The molecule has 5 aromatic rings. The predicted octanol–water partition coefficient (Wildman–Crippen LogP) is 4.23. The third kappa shape index (κ3) is 17.4. The van der Waals surface area contributed by atoms with Crippen molar-refractivity contribution in [3.63, 3.8) is 0 Å². The van der Waals surface area contributed by atoms with Crippen molar-refractivity contribution in [1.82, 2.24) is 64.2 Å². The summed E-state index contributed by atoms with van der Waals surface area (Å²) in [6.45, 7) is 19.4. The number of non-ortho nitro benzene ring substituents is 1. The second-order valence-corrected chi connectivity index (χ2v) is 20.2. The first kappa shape index (κ1) is 63.9. The molecule has 0 aliphatic carbocycles. The third-order valence-corrected chi connectivity index (χ3v) is 13.8. The van der Waals surface area contributed by atoms with Crippen LogP contribution in [0, 0.1) is 10.1 Å². The molecule has 1 saturated heterocycles. The van der Waals surface area contributed by atoms with Crippen LogP contribution in [0.15, 0.2) is 65.8 Å². The summed E-state index contributed by atoms with van der Waals surface area (Å²) in [4.78, 5) is 116. The number of carbonyl (C=O) groups excluding carboxylic acids is 6. The smallest absolute Gasteiger partial charge is 0.0683 e. The number of nitro groups is 1. The fraction of sp³-hybridized carbons (Fsp3) is 0.482. The Balaban J connectivity index is 0.00000547. The number of nitrogens with zero attached hydrogens (tertiary/aromatic N) is 12. The standard InChI is InChI=1S/C54H73BN18O8.C2H6/c1-9-11-17-39(58-41(10-2)63-51(76)48-62-44(33-69(48)8)65-52(77)49-61-43(32-68(49)7)60-46(74)34-66(4)5)50(75)64-42-31-67(6)45(59-42)30-56-20-18-40(55-3)57-19-13-21-70-24-26-71(27-25-70)22-14-23-72-53(78)37-16-12-15-35-28-36(73(80)81)29-38(47(35)37)54(72)79;1-2/h10,12,15-16,28-29,31-33,56-57H,9,11,13-14,17-27,30,34H2,1-8H3,(H,60,74)(H,63,76)(H,64,75)(H,65,77);1-2H3/b41-10+,58-39+;. The summed E-state index contributed by atoms with van der Waals surface area (Å²) in [6.07, 6.45) is 10.5. The molecule has 0 bridgehead atoms. The summed E-state index contributed by atoms with van der Waals surface area (Å²) >= 11 is 0. The van der Waals surface area contributed by atoms with Gasteiger partial charge in [-0.3, -0.25) is 39.0 Å². The van der Waals surface area contributed by atoms with Gasteiger partial charge in [0.05, 0.1) is 17.0 Å². The van der Waals surface area contributed by atoms with E-state index in [4.69, 9.17) is 0 Å². The fourth-order valence-electron chi connectivity index (χ4n) is 9.53. The maximum Gasteiger partial charge on any atom is -0.0683 e. The van der Waals surface area contributed by atoms with Crippen molar-refractivity contribution < 1.29 is 33.7 Å². The number of carbonyl (C=O) groups is 6. The molecule has 2 aliphatic heterocycles. The Kier molecular flexibility index (Phi) is 23.6. The molecule has 0 unspecified atom stereocenters. The predicted molar refractivity (Wildman–Crippen MR) is 322 cm³/mol. The maximum atomic E-state index is 13.7. The fourth-order valence-corrected chi connectivity index (χ4v) is 9.53. The van der Waals surface area contributed by atoms with Crippen molar-refractivity contribution in [3.05, 3.63) is 99.5 Å². The van der Waals surface area contributed by atoms with E-state index < -0.39 is 28.6 Å². The van der Waals surface area contributed by atoms with E-state index >= 15 is 0 Å². The molecule has 83 heavy (non-hydrogen) atoms. The molecule has 6 N–H and O–H groups in total. The summed E-state index contributed by atoms with van der Waals surface area (Å²) < 4.78 is 4.75. The molecule has 7 rings (SSSR count). The van der Waals surface area contributed by atoms with Gasteiger partial charge in [0.15, 0.2) is 11.6 Å². The van der Waals surface area contributed by atoms with Gasteiger partial charge in [-0.2, -0.15) is 0 Å². The number of likely N-dealkylation sites (N-methyl/N-ethyl adjacent to an activating group) is 1. The van der Waals surface area contributed by atoms with Crippen LogP contribution in [-0.2, 0) is 37.3 Å². The average Bonchev–Trinajstić information content (AvgIpc) is 3.60. The molecule has 6 amide bonds. The maximum absolute atomic E-state index is 13.7. The topological polar surface area (TPSA) is 297 Å². The number of nitrogens with one attached hydrogen (secondary N) is 6. The monoisotopic (exact) mass is 1140 g/mol. The molecule has 26 nitrogen and oxygen atoms in total. The SMILES string of the molecule is CB=C(CCNCc1nc(NC(=O)/C(CCCC)=N/C(=C\C)NC(=O)c2nc(NC(=O)c3nc(NC(=O)CN(C)C)cn3C)cn2C)cn1C)NCCCN1CCN(CCCN2C(=O)c3cccc4cc([N+](=O)[O-])cc(c34)C2=O)CC1.CC. The summed E-state index contributed by atoms with van der Waals surface area (Å²) in [5, 5.41) is 30.5. The van der Waals surface area contributed by atoms with E-state index in [-0.39, 0.29) is 71.0 Å². The van der Waals surface area contributed by atoms with Crippen LogP contribution in [0.3, 0.4) is 0 Å². The minimum Gasteiger partial charge on any atom is -0.0683 e. The third-order valence-electron chi connectivity index (χ3n) is 13.8. The number of allylic oxidation sites excluding steroid dienone is 1. The van der Waals surface area contributed by atoms with Crippen LogP contribution in [0.1, 0.15) is 114 Å². The van der Waals surface area contributed by atoms with E-state index in [1.165, 1.54) is 38.6 Å². The largest absolute Gasteiger partial charge is 0.0683 e. The van der Waals surface area contributed by atoms with Gasteiger partial charge in [0, 0.05) is 49.6 Å². The summed E-state index contributed by atoms with van der Waals surface area (Å²) in [6, 6.07) is 7.72. The molecular weight excluding hydrogens is 1060 g/mol. The van der Waals surface area contributed by atoms with Gasteiger partial charge in [-0.05, 0) is 45.0 Å². The zero-order valence-electron chi connectivity index (χ0n) is 49.4. The zero-order valence-corrected chi connectivity index (χ0v) is 49.4. The molecule has 0 spiro atoms. The number of rotatable bonds is 28. The van der Waals surface area contributed by atoms with E-state index in [0.717, 1.165) is 76.5 Å². The Labute approximate surface area is 484 Å². The first-order valence-corrected chi connectivity index (χ1v) is 28.2. The van der Waals surface area contributed by atoms with Gasteiger partial charge >= 0.3 is 192 Å². The summed E-state index contributed by atoms with van der Waals surface area (Å²) in [5.74, 6) is -1.33. The number of aryl methyl sites for hydroxylation is 3. The van der Waals surface area contributed by atoms with E-state index in [0.29, 0.717) is 54.5 Å². The van der Waals surface area contributed by atoms with E-state index in [2.05, 4.69) is 68.6 Å². The number of aliphatic imine (C=N–C) groups is 1. The molecular formula is C56H79BN18O8. The quantitative estimate of drug-likeness (QED) is 0.0102. The molecule has 444 valence electrons. The van der Waals surface area contributed by atoms with Gasteiger partial charge in [-0.15, -0.1) is 0 Å². The van der Waals surface area contributed by atoms with Crippen LogP contribution < -0.4 is 31.9 Å². The molecule has 1 fully saturated rings. The van der Waals surface area contributed by atoms with Gasteiger partial charge in [-0.1, -0.05) is 39.3 Å². The molecule has 0 saturated carbocycles. The van der Waals surface area contributed by atoms with Gasteiger partial charge in [0.1, 0.15) is 5.82 Å². The van der Waals surface area contributed by atoms with Crippen molar-refractivity contribution >= 4 is 87.6 Å². The van der Waals surface area contributed by atoms with Crippen molar-refractivity contribution in [2.45, 2.75) is 79.6 Å². The van der Waals surface area contributed by atoms with Crippen molar-refractivity contribution in [1.29, 1.82) is 0 Å². The number of benzene rings is 2. The molecule has 0 atom stereocenters. The van der Waals surface area contributed by atoms with Crippen LogP contribution in [0.25, 0.3) is 10.8 Å². The number of piperazine rings is 1. The average molecular weight is 1140 g/mol. The van der Waals surface area contributed by atoms with Crippen molar-refractivity contribution in [2.24, 2.45) is 26.1 Å². The number of amides is 6. The Bertz CT molecular complexity index is 3240. The number of unbranched alkanes of at least 4 members (excludes halogenated alkanes) is 1. The Morgan fingerprint density at radius 1 is 0.783 bits per heavy atom. The van der Waals surface area contributed by atoms with Crippen LogP contribution >= 0.6 is 0 Å². The van der Waals surface area contributed by atoms with Crippen LogP contribution in [0.5, 0.6) is 0 Å². The van der Waals surface area contributed by atoms with Crippen molar-refractivity contribution in [2.75, 3.05) is 95.5 Å². The van der Waals surface area contributed by atoms with Crippen LogP contribution in [-0.4, -0.2) is 186 Å². The second-order valence-electron chi connectivity index (χ2n) is 20.2.